The molecule has 2 aliphatic heterocycles. The van der Waals surface area contributed by atoms with E-state index in [1.807, 2.05) is 13.1 Å². The summed E-state index contributed by atoms with van der Waals surface area (Å²) in [6, 6.07) is 9.01. The van der Waals surface area contributed by atoms with Crippen molar-refractivity contribution in [3.63, 3.8) is 0 Å². The molecule has 1 atom stereocenters. The minimum atomic E-state index is 0.628. The summed E-state index contributed by atoms with van der Waals surface area (Å²) in [6.07, 6.45) is 1.21. The van der Waals surface area contributed by atoms with Crippen LogP contribution in [0.2, 0.25) is 0 Å². The number of nitrogens with zero attached hydrogens (tertiary/aromatic N) is 3. The molecule has 3 rings (SSSR count). The van der Waals surface area contributed by atoms with Gasteiger partial charge in [-0.2, -0.15) is 0 Å². The first kappa shape index (κ1) is 16.7. The zero-order valence-electron chi connectivity index (χ0n) is 13.7. The number of halogens is 1. The lowest BCUT2D eigenvalue weighted by Crippen LogP contribution is -2.46. The van der Waals surface area contributed by atoms with Gasteiger partial charge in [-0.15, -0.1) is 0 Å². The third kappa shape index (κ3) is 4.46. The van der Waals surface area contributed by atoms with Crippen molar-refractivity contribution in [1.29, 1.82) is 0 Å². The highest BCUT2D eigenvalue weighted by Crippen LogP contribution is 2.17. The largest absolute Gasteiger partial charge is 0.379 e. The minimum absolute atomic E-state index is 0.628. The Morgan fingerprint density at radius 3 is 2.91 bits per heavy atom. The van der Waals surface area contributed by atoms with Gasteiger partial charge in [-0.3, -0.25) is 9.89 Å². The summed E-state index contributed by atoms with van der Waals surface area (Å²) in [4.78, 5) is 9.40. The second kappa shape index (κ2) is 8.13. The molecule has 1 aromatic rings. The molecule has 23 heavy (non-hydrogen) atoms. The molecule has 2 heterocycles. The Morgan fingerprint density at radius 1 is 1.35 bits per heavy atom. The second-order valence-corrected chi connectivity index (χ2v) is 6.98. The van der Waals surface area contributed by atoms with Crippen LogP contribution in [0, 0.1) is 0 Å². The fourth-order valence-corrected chi connectivity index (χ4v) is 3.78. The van der Waals surface area contributed by atoms with E-state index in [2.05, 4.69) is 54.2 Å². The van der Waals surface area contributed by atoms with E-state index < -0.39 is 0 Å². The average Bonchev–Trinajstić information content (AvgIpc) is 3.06. The number of hydrogen-bond donors (Lipinski definition) is 1. The molecule has 1 unspecified atom stereocenters. The number of benzene rings is 1. The Balaban J connectivity index is 1.53. The van der Waals surface area contributed by atoms with Gasteiger partial charge < -0.3 is 15.0 Å². The van der Waals surface area contributed by atoms with Crippen LogP contribution in [-0.4, -0.2) is 68.2 Å². The molecule has 2 aliphatic rings. The van der Waals surface area contributed by atoms with Gasteiger partial charge in [0.2, 0.25) is 0 Å². The minimum Gasteiger partial charge on any atom is -0.379 e. The van der Waals surface area contributed by atoms with E-state index in [0.29, 0.717) is 6.04 Å². The number of hydrogen-bond acceptors (Lipinski definition) is 3. The second-order valence-electron chi connectivity index (χ2n) is 6.07. The first-order valence-electron chi connectivity index (χ1n) is 8.28. The van der Waals surface area contributed by atoms with E-state index in [0.717, 1.165) is 56.4 Å². The van der Waals surface area contributed by atoms with Crippen molar-refractivity contribution in [1.82, 2.24) is 15.1 Å². The standard InChI is InChI=1S/C17H25BrN4O/c1-19-17(20-12-14-3-2-4-15(18)11-14)22-6-5-16(13-22)21-7-9-23-10-8-21/h2-4,11,16H,5-10,12-13H2,1H3,(H,19,20). The highest BCUT2D eigenvalue weighted by atomic mass is 79.9. The lowest BCUT2D eigenvalue weighted by Gasteiger charge is -2.32. The van der Waals surface area contributed by atoms with E-state index in [1.165, 1.54) is 12.0 Å². The SMILES string of the molecule is CN=C(NCc1cccc(Br)c1)N1CCC(N2CCOCC2)C1. The number of nitrogens with one attached hydrogen (secondary N) is 1. The Kier molecular flexibility index (Phi) is 5.91. The lowest BCUT2D eigenvalue weighted by molar-refractivity contribution is 0.0195. The first-order chi connectivity index (χ1) is 11.3. The normalized spacial score (nSPS) is 23.3. The van der Waals surface area contributed by atoms with E-state index in [-0.39, 0.29) is 0 Å². The van der Waals surface area contributed by atoms with Crippen LogP contribution in [0.3, 0.4) is 0 Å². The lowest BCUT2D eigenvalue weighted by atomic mass is 10.2. The first-order valence-corrected chi connectivity index (χ1v) is 9.07. The summed E-state index contributed by atoms with van der Waals surface area (Å²) in [7, 11) is 1.87. The molecule has 0 radical (unpaired) electrons. The van der Waals surface area contributed by atoms with E-state index in [9.17, 15) is 0 Å². The average molecular weight is 381 g/mol. The van der Waals surface area contributed by atoms with Crippen molar-refractivity contribution in [3.8, 4) is 0 Å². The molecule has 126 valence electrons. The molecule has 5 nitrogen and oxygen atoms in total. The van der Waals surface area contributed by atoms with Crippen molar-refractivity contribution in [2.75, 3.05) is 46.4 Å². The number of rotatable bonds is 3. The molecule has 6 heteroatoms. The number of morpholine rings is 1. The summed E-state index contributed by atoms with van der Waals surface area (Å²) in [5.41, 5.74) is 1.25. The van der Waals surface area contributed by atoms with Gasteiger partial charge >= 0.3 is 0 Å². The summed E-state index contributed by atoms with van der Waals surface area (Å²) in [5.74, 6) is 1.00. The van der Waals surface area contributed by atoms with Gasteiger partial charge in [0.1, 0.15) is 0 Å². The molecule has 0 amide bonds. The maximum absolute atomic E-state index is 5.46. The number of guanidine groups is 1. The maximum atomic E-state index is 5.46. The molecule has 0 saturated carbocycles. The van der Waals surface area contributed by atoms with Crippen LogP contribution in [0.25, 0.3) is 0 Å². The summed E-state index contributed by atoms with van der Waals surface area (Å²) in [6.45, 7) is 6.77. The highest BCUT2D eigenvalue weighted by Gasteiger charge is 2.30. The molecule has 2 fully saturated rings. The fraction of sp³-hybridized carbons (Fsp3) is 0.588. The zero-order valence-corrected chi connectivity index (χ0v) is 15.3. The van der Waals surface area contributed by atoms with Crippen molar-refractivity contribution in [2.45, 2.75) is 19.0 Å². The summed E-state index contributed by atoms with van der Waals surface area (Å²) < 4.78 is 6.57. The van der Waals surface area contributed by atoms with Gasteiger partial charge in [-0.1, -0.05) is 28.1 Å². The van der Waals surface area contributed by atoms with Gasteiger partial charge in [0.05, 0.1) is 13.2 Å². The van der Waals surface area contributed by atoms with Crippen LogP contribution in [0.1, 0.15) is 12.0 Å². The summed E-state index contributed by atoms with van der Waals surface area (Å²) >= 11 is 3.52. The molecule has 1 N–H and O–H groups in total. The number of likely N-dealkylation sites (tertiary alicyclic amines) is 1. The molecule has 0 aromatic heterocycles. The molecular weight excluding hydrogens is 356 g/mol. The Bertz CT molecular complexity index is 545. The monoisotopic (exact) mass is 380 g/mol. The number of ether oxygens (including phenoxy) is 1. The summed E-state index contributed by atoms with van der Waals surface area (Å²) in [5, 5.41) is 3.49. The van der Waals surface area contributed by atoms with Gasteiger partial charge in [0.25, 0.3) is 0 Å². The predicted molar refractivity (Wildman–Crippen MR) is 96.7 cm³/mol. The van der Waals surface area contributed by atoms with Gasteiger partial charge in [0.15, 0.2) is 5.96 Å². The molecule has 1 aromatic carbocycles. The highest BCUT2D eigenvalue weighted by molar-refractivity contribution is 9.10. The van der Waals surface area contributed by atoms with Gasteiger partial charge in [-0.05, 0) is 24.1 Å². The zero-order chi connectivity index (χ0) is 16.1. The molecular formula is C17H25BrN4O. The predicted octanol–water partition coefficient (Wildman–Crippen LogP) is 1.93. The number of aliphatic imine (C=N–C) groups is 1. The van der Waals surface area contributed by atoms with Crippen LogP contribution in [0.4, 0.5) is 0 Å². The molecule has 0 aliphatic carbocycles. The Morgan fingerprint density at radius 2 is 2.17 bits per heavy atom. The van der Waals surface area contributed by atoms with Gasteiger partial charge in [0, 0.05) is 50.3 Å². The van der Waals surface area contributed by atoms with Gasteiger partial charge in [-0.25, -0.2) is 0 Å². The van der Waals surface area contributed by atoms with Crippen molar-refractivity contribution < 1.29 is 4.74 Å². The van der Waals surface area contributed by atoms with Crippen molar-refractivity contribution in [3.05, 3.63) is 34.3 Å². The fourth-order valence-electron chi connectivity index (χ4n) is 3.34. The van der Waals surface area contributed by atoms with E-state index >= 15 is 0 Å². The quantitative estimate of drug-likeness (QED) is 0.642. The van der Waals surface area contributed by atoms with Crippen LogP contribution in [0.15, 0.2) is 33.7 Å². The maximum Gasteiger partial charge on any atom is 0.193 e. The van der Waals surface area contributed by atoms with Crippen LogP contribution >= 0.6 is 15.9 Å². The van der Waals surface area contributed by atoms with Crippen LogP contribution in [0.5, 0.6) is 0 Å². The van der Waals surface area contributed by atoms with Crippen LogP contribution in [-0.2, 0) is 11.3 Å². The van der Waals surface area contributed by atoms with E-state index in [1.54, 1.807) is 0 Å². The van der Waals surface area contributed by atoms with E-state index in [4.69, 9.17) is 4.74 Å². The molecule has 0 bridgehead atoms. The Labute approximate surface area is 146 Å². The van der Waals surface area contributed by atoms with Crippen LogP contribution < -0.4 is 5.32 Å². The third-order valence-electron chi connectivity index (χ3n) is 4.58. The van der Waals surface area contributed by atoms with Crippen molar-refractivity contribution >= 4 is 21.9 Å². The Hall–Kier alpha value is -1.11. The van der Waals surface area contributed by atoms with Crippen molar-refractivity contribution in [2.24, 2.45) is 4.99 Å². The topological polar surface area (TPSA) is 40.1 Å². The third-order valence-corrected chi connectivity index (χ3v) is 5.07. The molecule has 0 spiro atoms. The smallest absolute Gasteiger partial charge is 0.193 e. The molecule has 2 saturated heterocycles.